The fraction of sp³-hybridized carbons (Fsp3) is 0.714. The monoisotopic (exact) mass is 864 g/mol. The molecule has 0 aliphatic heterocycles. The van der Waals surface area contributed by atoms with Crippen molar-refractivity contribution < 1.29 is 24.5 Å². The van der Waals surface area contributed by atoms with Crippen LogP contribution in [0.15, 0.2) is 85.1 Å². The fourth-order valence-electron chi connectivity index (χ4n) is 7.30. The van der Waals surface area contributed by atoms with Crippen LogP contribution in [-0.4, -0.2) is 46.9 Å². The second kappa shape index (κ2) is 49.1. The number of allylic oxidation sites excluding steroid dienone is 13. The Morgan fingerprint density at radius 1 is 0.500 bits per heavy atom. The lowest BCUT2D eigenvalue weighted by Gasteiger charge is -2.23. The van der Waals surface area contributed by atoms with E-state index in [2.05, 4.69) is 99.0 Å². The number of amides is 1. The number of ether oxygens (including phenoxy) is 1. The van der Waals surface area contributed by atoms with Gasteiger partial charge in [0.05, 0.1) is 25.2 Å². The molecule has 0 saturated heterocycles. The van der Waals surface area contributed by atoms with E-state index in [9.17, 15) is 19.8 Å². The van der Waals surface area contributed by atoms with Gasteiger partial charge in [-0.15, -0.1) is 0 Å². The molecule has 0 rings (SSSR count). The van der Waals surface area contributed by atoms with Crippen LogP contribution in [-0.2, 0) is 14.3 Å². The van der Waals surface area contributed by atoms with Gasteiger partial charge in [0.2, 0.25) is 5.91 Å². The van der Waals surface area contributed by atoms with Crippen LogP contribution >= 0.6 is 0 Å². The zero-order chi connectivity index (χ0) is 45.2. The summed E-state index contributed by atoms with van der Waals surface area (Å²) in [5.41, 5.74) is 0. The van der Waals surface area contributed by atoms with E-state index < -0.39 is 18.2 Å². The summed E-state index contributed by atoms with van der Waals surface area (Å²) < 4.78 is 5.81. The molecular formula is C56H97NO5. The van der Waals surface area contributed by atoms with E-state index in [-0.39, 0.29) is 24.9 Å². The van der Waals surface area contributed by atoms with Crippen LogP contribution in [0.1, 0.15) is 233 Å². The smallest absolute Gasteiger partial charge is 0.306 e. The van der Waals surface area contributed by atoms with Crippen molar-refractivity contribution in [2.24, 2.45) is 0 Å². The summed E-state index contributed by atoms with van der Waals surface area (Å²) in [6.07, 6.45) is 63.9. The molecule has 0 fully saturated rings. The first-order chi connectivity index (χ1) is 30.5. The van der Waals surface area contributed by atoms with Gasteiger partial charge in [-0.2, -0.15) is 0 Å². The number of aliphatic hydroxyl groups excluding tert-OH is 2. The van der Waals surface area contributed by atoms with Crippen LogP contribution in [0, 0.1) is 0 Å². The van der Waals surface area contributed by atoms with E-state index in [1.54, 1.807) is 6.08 Å². The first-order valence-corrected chi connectivity index (χ1v) is 25.8. The Labute approximate surface area is 383 Å². The summed E-state index contributed by atoms with van der Waals surface area (Å²) in [6, 6.07) is -0.749. The van der Waals surface area contributed by atoms with Crippen molar-refractivity contribution in [3.05, 3.63) is 85.1 Å². The van der Waals surface area contributed by atoms with Crippen LogP contribution in [0.2, 0.25) is 0 Å². The third kappa shape index (κ3) is 43.7. The Balaban J connectivity index is 4.81. The van der Waals surface area contributed by atoms with Gasteiger partial charge in [0, 0.05) is 6.42 Å². The fourth-order valence-corrected chi connectivity index (χ4v) is 7.30. The van der Waals surface area contributed by atoms with E-state index in [1.807, 2.05) is 6.08 Å². The molecule has 6 heteroatoms. The highest BCUT2D eigenvalue weighted by molar-refractivity contribution is 5.78. The second-order valence-electron chi connectivity index (χ2n) is 17.2. The zero-order valence-electron chi connectivity index (χ0n) is 40.5. The summed E-state index contributed by atoms with van der Waals surface area (Å²) in [6.45, 7) is 6.32. The minimum absolute atomic E-state index is 0.0563. The van der Waals surface area contributed by atoms with Crippen molar-refractivity contribution in [3.63, 3.8) is 0 Å². The molecule has 62 heavy (non-hydrogen) atoms. The van der Waals surface area contributed by atoms with Gasteiger partial charge in [-0.3, -0.25) is 9.59 Å². The predicted molar refractivity (Wildman–Crippen MR) is 268 cm³/mol. The molecule has 0 aliphatic carbocycles. The molecule has 0 aliphatic rings. The van der Waals surface area contributed by atoms with Crippen LogP contribution in [0.3, 0.4) is 0 Å². The number of rotatable bonds is 45. The molecule has 0 aromatic rings. The number of nitrogens with one attached hydrogen (secondary N) is 1. The first-order valence-electron chi connectivity index (χ1n) is 25.8. The van der Waals surface area contributed by atoms with Gasteiger partial charge in [0.1, 0.15) is 6.10 Å². The van der Waals surface area contributed by atoms with E-state index in [0.29, 0.717) is 19.3 Å². The van der Waals surface area contributed by atoms with Gasteiger partial charge in [-0.1, -0.05) is 222 Å². The molecule has 0 aromatic carbocycles. The molecule has 3 unspecified atom stereocenters. The molecular weight excluding hydrogens is 767 g/mol. The van der Waals surface area contributed by atoms with Crippen molar-refractivity contribution >= 4 is 11.9 Å². The molecule has 0 bridgehead atoms. The summed E-state index contributed by atoms with van der Waals surface area (Å²) in [5.74, 6) is -0.652. The number of esters is 1. The Bertz CT molecular complexity index is 1200. The number of hydrogen-bond donors (Lipinski definition) is 3. The van der Waals surface area contributed by atoms with Gasteiger partial charge in [-0.05, 0) is 83.1 Å². The number of hydrogen-bond acceptors (Lipinski definition) is 5. The van der Waals surface area contributed by atoms with Crippen molar-refractivity contribution in [1.82, 2.24) is 5.32 Å². The van der Waals surface area contributed by atoms with Crippen molar-refractivity contribution in [3.8, 4) is 0 Å². The Morgan fingerprint density at radius 3 is 1.35 bits per heavy atom. The number of aliphatic hydroxyl groups is 2. The van der Waals surface area contributed by atoms with Crippen LogP contribution in [0.5, 0.6) is 0 Å². The lowest BCUT2D eigenvalue weighted by molar-refractivity contribution is -0.148. The number of carbonyl (C=O) groups is 2. The van der Waals surface area contributed by atoms with Crippen LogP contribution in [0.4, 0.5) is 0 Å². The maximum Gasteiger partial charge on any atom is 0.306 e. The van der Waals surface area contributed by atoms with E-state index >= 15 is 0 Å². The van der Waals surface area contributed by atoms with Crippen LogP contribution < -0.4 is 5.32 Å². The molecule has 3 atom stereocenters. The molecule has 3 N–H and O–H groups in total. The van der Waals surface area contributed by atoms with Crippen molar-refractivity contribution in [1.29, 1.82) is 0 Å². The Hall–Kier alpha value is -2.96. The normalized spacial score (nSPS) is 14.0. The minimum Gasteiger partial charge on any atom is -0.458 e. The van der Waals surface area contributed by atoms with Gasteiger partial charge in [0.25, 0.3) is 0 Å². The summed E-state index contributed by atoms with van der Waals surface area (Å²) >= 11 is 0. The lowest BCUT2D eigenvalue weighted by atomic mass is 10.0. The molecule has 356 valence electrons. The van der Waals surface area contributed by atoms with E-state index in [0.717, 1.165) is 83.5 Å². The molecule has 0 aromatic heterocycles. The molecule has 0 heterocycles. The number of unbranched alkanes of at least 4 members (excludes halogenated alkanes) is 21. The quantitative estimate of drug-likeness (QED) is 0.0322. The SMILES string of the molecule is CC/C=C\C/C=C\C/C=C\C/C=C\C/C=C\C/C=C\C(CC(=O)NC(CO)C(O)CCCCCCCCCCCCCC)OC(=O)CCCCC/C=C\CCCCCCCCC. The zero-order valence-corrected chi connectivity index (χ0v) is 40.5. The van der Waals surface area contributed by atoms with Crippen molar-refractivity contribution in [2.45, 2.75) is 251 Å². The second-order valence-corrected chi connectivity index (χ2v) is 17.2. The summed E-state index contributed by atoms with van der Waals surface area (Å²) in [4.78, 5) is 26.1. The highest BCUT2D eigenvalue weighted by Crippen LogP contribution is 2.15. The highest BCUT2D eigenvalue weighted by atomic mass is 16.5. The largest absolute Gasteiger partial charge is 0.458 e. The molecule has 1 amide bonds. The third-order valence-corrected chi connectivity index (χ3v) is 11.2. The van der Waals surface area contributed by atoms with E-state index in [1.165, 1.54) is 103 Å². The average molecular weight is 864 g/mol. The van der Waals surface area contributed by atoms with Crippen molar-refractivity contribution in [2.75, 3.05) is 6.61 Å². The van der Waals surface area contributed by atoms with Gasteiger partial charge >= 0.3 is 5.97 Å². The standard InChI is InChI=1S/C56H97NO5/c1-4-7-10-13-16-19-22-25-27-28-29-30-32-35-38-41-44-47-52(62-56(61)49-46-43-40-37-34-31-26-23-20-17-14-11-8-5-2)50-55(60)57-53(51-58)54(59)48-45-42-39-36-33-24-21-18-15-12-9-6-3/h7,10,16,19,25,27,29-31,34-35,38,44,47,52-54,58-59H,4-6,8-9,11-15,17-18,20-24,26,28,32-33,36-37,39-43,45-46,48-51H2,1-3H3,(H,57,60)/b10-7-,19-16-,27-25-,30-29-,34-31-,38-35-,47-44-. The maximum atomic E-state index is 13.2. The minimum atomic E-state index is -0.825. The molecule has 0 saturated carbocycles. The lowest BCUT2D eigenvalue weighted by Crippen LogP contribution is -2.46. The molecule has 6 nitrogen and oxygen atoms in total. The average Bonchev–Trinajstić information content (AvgIpc) is 3.26. The Kier molecular flexibility index (Phi) is 46.7. The predicted octanol–water partition coefficient (Wildman–Crippen LogP) is 15.6. The topological polar surface area (TPSA) is 95.9 Å². The van der Waals surface area contributed by atoms with Gasteiger partial charge in [-0.25, -0.2) is 0 Å². The first kappa shape index (κ1) is 59.0. The summed E-state index contributed by atoms with van der Waals surface area (Å²) in [5, 5.41) is 23.7. The summed E-state index contributed by atoms with van der Waals surface area (Å²) in [7, 11) is 0. The number of carbonyl (C=O) groups excluding carboxylic acids is 2. The maximum absolute atomic E-state index is 13.2. The van der Waals surface area contributed by atoms with Crippen LogP contribution in [0.25, 0.3) is 0 Å². The third-order valence-electron chi connectivity index (χ3n) is 11.2. The highest BCUT2D eigenvalue weighted by Gasteiger charge is 2.23. The Morgan fingerprint density at radius 2 is 0.903 bits per heavy atom. The molecule has 0 spiro atoms. The molecule has 0 radical (unpaired) electrons. The van der Waals surface area contributed by atoms with Gasteiger partial charge in [0.15, 0.2) is 0 Å². The van der Waals surface area contributed by atoms with E-state index in [4.69, 9.17) is 4.74 Å². The van der Waals surface area contributed by atoms with Gasteiger partial charge < -0.3 is 20.3 Å².